The van der Waals surface area contributed by atoms with Crippen molar-refractivity contribution in [2.24, 2.45) is 5.92 Å². The Kier molecular flexibility index (Phi) is 4.25. The van der Waals surface area contributed by atoms with Crippen molar-refractivity contribution < 1.29 is 13.9 Å². The lowest BCUT2D eigenvalue weighted by atomic mass is 9.99. The van der Waals surface area contributed by atoms with Crippen molar-refractivity contribution in [2.45, 2.75) is 19.8 Å². The molecule has 0 bridgehead atoms. The average molecular weight is 287 g/mol. The Hall–Kier alpha value is -1.81. The molecule has 1 atom stereocenters. The van der Waals surface area contributed by atoms with Crippen molar-refractivity contribution in [3.8, 4) is 0 Å². The number of furan rings is 1. The van der Waals surface area contributed by atoms with Gasteiger partial charge in [-0.05, 0) is 37.8 Å². The van der Waals surface area contributed by atoms with Crippen LogP contribution in [0, 0.1) is 5.92 Å². The molecule has 4 heteroatoms. The number of likely N-dealkylation sites (tertiary alicyclic amines) is 1. The summed E-state index contributed by atoms with van der Waals surface area (Å²) < 4.78 is 11.2. The Labute approximate surface area is 124 Å². The molecule has 2 aromatic rings. The third kappa shape index (κ3) is 3.10. The smallest absolute Gasteiger partial charge is 0.289 e. The maximum Gasteiger partial charge on any atom is 0.289 e. The fourth-order valence-electron chi connectivity index (χ4n) is 2.91. The maximum absolute atomic E-state index is 12.6. The molecular formula is C17H21NO3. The molecule has 0 aliphatic carbocycles. The summed E-state index contributed by atoms with van der Waals surface area (Å²) in [5.41, 5.74) is 0.767. The monoisotopic (exact) mass is 287 g/mol. The number of carbonyl (C=O) groups excluding carboxylic acids is 1. The molecule has 1 aromatic heterocycles. The highest BCUT2D eigenvalue weighted by Crippen LogP contribution is 2.23. The first-order valence-electron chi connectivity index (χ1n) is 7.63. The molecule has 1 unspecified atom stereocenters. The van der Waals surface area contributed by atoms with Crippen LogP contribution in [-0.2, 0) is 4.74 Å². The van der Waals surface area contributed by atoms with Crippen molar-refractivity contribution in [1.29, 1.82) is 0 Å². The number of hydrogen-bond acceptors (Lipinski definition) is 3. The molecule has 1 aliphatic rings. The predicted octanol–water partition coefficient (Wildman–Crippen LogP) is 3.32. The largest absolute Gasteiger partial charge is 0.451 e. The Morgan fingerprint density at radius 1 is 1.43 bits per heavy atom. The number of fused-ring (bicyclic) bond motifs is 1. The molecule has 1 amide bonds. The standard InChI is InChI=1S/C17H21NO3/c1-2-20-12-13-6-5-9-18(11-13)17(19)16-10-14-7-3-4-8-15(14)21-16/h3-4,7-8,10,13H,2,5-6,9,11-12H2,1H3. The van der Waals surface area contributed by atoms with E-state index in [9.17, 15) is 4.79 Å². The fourth-order valence-corrected chi connectivity index (χ4v) is 2.91. The van der Waals surface area contributed by atoms with Gasteiger partial charge in [-0.2, -0.15) is 0 Å². The molecule has 3 rings (SSSR count). The number of ether oxygens (including phenoxy) is 1. The van der Waals surface area contributed by atoms with Crippen LogP contribution in [0.2, 0.25) is 0 Å². The van der Waals surface area contributed by atoms with Gasteiger partial charge in [0.15, 0.2) is 5.76 Å². The number of piperidine rings is 1. The molecular weight excluding hydrogens is 266 g/mol. The van der Waals surface area contributed by atoms with Crippen molar-refractivity contribution >= 4 is 16.9 Å². The van der Waals surface area contributed by atoms with Crippen molar-refractivity contribution in [3.63, 3.8) is 0 Å². The highest BCUT2D eigenvalue weighted by atomic mass is 16.5. The van der Waals surface area contributed by atoms with Gasteiger partial charge in [0.1, 0.15) is 5.58 Å². The summed E-state index contributed by atoms with van der Waals surface area (Å²) in [6.07, 6.45) is 2.16. The van der Waals surface area contributed by atoms with Crippen molar-refractivity contribution in [3.05, 3.63) is 36.1 Å². The zero-order valence-electron chi connectivity index (χ0n) is 12.4. The third-order valence-corrected chi connectivity index (χ3v) is 4.00. The maximum atomic E-state index is 12.6. The summed E-state index contributed by atoms with van der Waals surface area (Å²) in [4.78, 5) is 14.5. The van der Waals surface area contributed by atoms with E-state index in [1.165, 1.54) is 0 Å². The van der Waals surface area contributed by atoms with E-state index in [4.69, 9.17) is 9.15 Å². The zero-order valence-corrected chi connectivity index (χ0v) is 12.4. The lowest BCUT2D eigenvalue weighted by Crippen LogP contribution is -2.41. The SMILES string of the molecule is CCOCC1CCCN(C(=O)c2cc3ccccc3o2)C1. The molecule has 0 saturated carbocycles. The predicted molar refractivity (Wildman–Crippen MR) is 81.3 cm³/mol. The van der Waals surface area contributed by atoms with Crippen LogP contribution in [0.25, 0.3) is 11.0 Å². The molecule has 0 spiro atoms. The summed E-state index contributed by atoms with van der Waals surface area (Å²) in [6.45, 7) is 5.03. The molecule has 2 heterocycles. The summed E-state index contributed by atoms with van der Waals surface area (Å²) in [5, 5.41) is 0.976. The lowest BCUT2D eigenvalue weighted by Gasteiger charge is -2.32. The van der Waals surface area contributed by atoms with E-state index in [2.05, 4.69) is 0 Å². The molecule has 0 N–H and O–H groups in total. The first-order chi connectivity index (χ1) is 10.3. The Morgan fingerprint density at radius 3 is 3.10 bits per heavy atom. The number of benzene rings is 1. The molecule has 1 saturated heterocycles. The number of para-hydroxylation sites is 1. The van der Waals surface area contributed by atoms with Gasteiger partial charge in [0.05, 0.1) is 6.61 Å². The summed E-state index contributed by atoms with van der Waals surface area (Å²) >= 11 is 0. The van der Waals surface area contributed by atoms with Crippen molar-refractivity contribution in [2.75, 3.05) is 26.3 Å². The van der Waals surface area contributed by atoms with E-state index in [0.717, 1.165) is 50.1 Å². The summed E-state index contributed by atoms with van der Waals surface area (Å²) in [6, 6.07) is 9.55. The van der Waals surface area contributed by atoms with Crippen LogP contribution in [-0.4, -0.2) is 37.1 Å². The lowest BCUT2D eigenvalue weighted by molar-refractivity contribution is 0.0480. The number of rotatable bonds is 4. The van der Waals surface area contributed by atoms with Crippen LogP contribution in [0.5, 0.6) is 0 Å². The van der Waals surface area contributed by atoms with Gasteiger partial charge in [-0.25, -0.2) is 0 Å². The normalized spacial score (nSPS) is 19.1. The quantitative estimate of drug-likeness (QED) is 0.866. The number of amides is 1. The van der Waals surface area contributed by atoms with Gasteiger partial charge >= 0.3 is 0 Å². The second-order valence-electron chi connectivity index (χ2n) is 5.57. The van der Waals surface area contributed by atoms with E-state index >= 15 is 0 Å². The number of carbonyl (C=O) groups is 1. The molecule has 1 aliphatic heterocycles. The van der Waals surface area contributed by atoms with Crippen LogP contribution >= 0.6 is 0 Å². The first kappa shape index (κ1) is 14.1. The third-order valence-electron chi connectivity index (χ3n) is 4.00. The second-order valence-corrected chi connectivity index (χ2v) is 5.57. The zero-order chi connectivity index (χ0) is 14.7. The average Bonchev–Trinajstić information content (AvgIpc) is 2.96. The van der Waals surface area contributed by atoms with Gasteiger partial charge in [0.25, 0.3) is 5.91 Å². The van der Waals surface area contributed by atoms with Gasteiger partial charge in [0.2, 0.25) is 0 Å². The van der Waals surface area contributed by atoms with Crippen LogP contribution in [0.15, 0.2) is 34.7 Å². The van der Waals surface area contributed by atoms with Crippen LogP contribution in [0.3, 0.4) is 0 Å². The molecule has 1 aromatic carbocycles. The minimum atomic E-state index is -0.00704. The summed E-state index contributed by atoms with van der Waals surface area (Å²) in [5.74, 6) is 0.868. The molecule has 1 fully saturated rings. The van der Waals surface area contributed by atoms with E-state index in [1.54, 1.807) is 0 Å². The van der Waals surface area contributed by atoms with Gasteiger partial charge in [-0.15, -0.1) is 0 Å². The van der Waals surface area contributed by atoms with Gasteiger partial charge in [-0.1, -0.05) is 18.2 Å². The number of nitrogens with zero attached hydrogens (tertiary/aromatic N) is 1. The molecule has 0 radical (unpaired) electrons. The first-order valence-corrected chi connectivity index (χ1v) is 7.63. The molecule has 112 valence electrons. The highest BCUT2D eigenvalue weighted by Gasteiger charge is 2.26. The molecule has 21 heavy (non-hydrogen) atoms. The van der Waals surface area contributed by atoms with E-state index in [0.29, 0.717) is 11.7 Å². The Bertz CT molecular complexity index is 586. The van der Waals surface area contributed by atoms with Crippen molar-refractivity contribution in [1.82, 2.24) is 4.90 Å². The Balaban J connectivity index is 1.71. The van der Waals surface area contributed by atoms with Crippen LogP contribution in [0.1, 0.15) is 30.3 Å². The van der Waals surface area contributed by atoms with E-state index in [1.807, 2.05) is 42.2 Å². The van der Waals surface area contributed by atoms with Gasteiger partial charge < -0.3 is 14.1 Å². The summed E-state index contributed by atoms with van der Waals surface area (Å²) in [7, 11) is 0. The fraction of sp³-hybridized carbons (Fsp3) is 0.471. The topological polar surface area (TPSA) is 42.7 Å². The number of hydrogen-bond donors (Lipinski definition) is 0. The highest BCUT2D eigenvalue weighted by molar-refractivity contribution is 5.96. The second kappa shape index (κ2) is 6.31. The Morgan fingerprint density at radius 2 is 2.29 bits per heavy atom. The minimum Gasteiger partial charge on any atom is -0.451 e. The van der Waals surface area contributed by atoms with E-state index in [-0.39, 0.29) is 5.91 Å². The van der Waals surface area contributed by atoms with Crippen LogP contribution < -0.4 is 0 Å². The van der Waals surface area contributed by atoms with Gasteiger partial charge in [-0.3, -0.25) is 4.79 Å². The van der Waals surface area contributed by atoms with Crippen LogP contribution in [0.4, 0.5) is 0 Å². The molecule has 4 nitrogen and oxygen atoms in total. The van der Waals surface area contributed by atoms with Gasteiger partial charge in [0, 0.05) is 25.1 Å². The minimum absolute atomic E-state index is 0.00704. The van der Waals surface area contributed by atoms with E-state index < -0.39 is 0 Å².